The number of alkyl halides is 2. The van der Waals surface area contributed by atoms with Crippen molar-refractivity contribution in [2.45, 2.75) is 63.9 Å². The van der Waals surface area contributed by atoms with Gasteiger partial charge < -0.3 is 20.3 Å². The number of methoxy groups -OCH3 is 1. The van der Waals surface area contributed by atoms with Crippen LogP contribution in [0.4, 0.5) is 14.5 Å². The molecule has 0 saturated carbocycles. The number of fused-ring (bicyclic) bond motifs is 1. The summed E-state index contributed by atoms with van der Waals surface area (Å²) in [6.45, 7) is 6.24. The average molecular weight is 559 g/mol. The number of benzene rings is 1. The Morgan fingerprint density at radius 2 is 2.00 bits per heavy atom. The van der Waals surface area contributed by atoms with E-state index in [-0.39, 0.29) is 18.0 Å². The van der Waals surface area contributed by atoms with Gasteiger partial charge in [-0.1, -0.05) is 0 Å². The van der Waals surface area contributed by atoms with E-state index in [2.05, 4.69) is 32.9 Å². The van der Waals surface area contributed by atoms with Crippen LogP contribution in [-0.2, 0) is 18.2 Å². The van der Waals surface area contributed by atoms with Gasteiger partial charge in [0.25, 0.3) is 6.43 Å². The number of anilines is 1. The number of piperidine rings is 2. The fraction of sp³-hybridized carbons (Fsp3) is 0.655. The number of amidine groups is 1. The van der Waals surface area contributed by atoms with Crippen molar-refractivity contribution >= 4 is 11.5 Å². The number of aryl methyl sites for hydroxylation is 2. The van der Waals surface area contributed by atoms with Gasteiger partial charge in [0.2, 0.25) is 0 Å². The van der Waals surface area contributed by atoms with Gasteiger partial charge in [-0.2, -0.15) is 5.10 Å². The molecule has 3 aliphatic heterocycles. The third kappa shape index (κ3) is 5.67. The van der Waals surface area contributed by atoms with Gasteiger partial charge >= 0.3 is 0 Å². The van der Waals surface area contributed by atoms with Gasteiger partial charge in [-0.25, -0.2) is 8.78 Å². The highest BCUT2D eigenvalue weighted by atomic mass is 19.3. The summed E-state index contributed by atoms with van der Waals surface area (Å²) in [6, 6.07) is 4.01. The molecule has 3 unspecified atom stereocenters. The van der Waals surface area contributed by atoms with Crippen molar-refractivity contribution in [1.82, 2.24) is 30.6 Å². The molecule has 0 spiro atoms. The van der Waals surface area contributed by atoms with Crippen LogP contribution in [0.5, 0.6) is 0 Å². The van der Waals surface area contributed by atoms with E-state index in [4.69, 9.17) is 4.74 Å². The van der Waals surface area contributed by atoms with E-state index >= 15 is 0 Å². The molecule has 0 aliphatic carbocycles. The monoisotopic (exact) mass is 558 g/mol. The summed E-state index contributed by atoms with van der Waals surface area (Å²) in [4.78, 5) is 4.25. The zero-order valence-corrected chi connectivity index (χ0v) is 24.1. The number of halogens is 2. The molecule has 0 radical (unpaired) electrons. The molecule has 0 bridgehead atoms. The molecule has 220 valence electrons. The lowest BCUT2D eigenvalue weighted by atomic mass is 9.74. The average Bonchev–Trinajstić information content (AvgIpc) is 3.40. The van der Waals surface area contributed by atoms with Gasteiger partial charge in [0.1, 0.15) is 5.84 Å². The second kappa shape index (κ2) is 12.2. The Labute approximate surface area is 236 Å². The van der Waals surface area contributed by atoms with E-state index in [1.165, 1.54) is 0 Å². The largest absolute Gasteiger partial charge is 0.353 e. The smallest absolute Gasteiger partial charge is 0.264 e. The van der Waals surface area contributed by atoms with Crippen molar-refractivity contribution in [2.75, 3.05) is 51.8 Å². The standard InChI is InChI=1S/C29H44F2N8O/c1-29(18-38(28(33-2)40-4)13-9-25(29)36-21-7-10-34-11-8-21)27(32)39-12-5-6-19-14-22(20-16-35-37(3)17-20)23(26(30)31)15-24(19)39/h14-17,21,25-26,28,32-34,36H,5-13,18H2,1-4H3. The van der Waals surface area contributed by atoms with Crippen LogP contribution in [0, 0.1) is 10.8 Å². The summed E-state index contributed by atoms with van der Waals surface area (Å²) in [7, 11) is 5.36. The fourth-order valence-electron chi connectivity index (χ4n) is 6.83. The van der Waals surface area contributed by atoms with E-state index < -0.39 is 11.8 Å². The lowest BCUT2D eigenvalue weighted by Gasteiger charge is -2.52. The van der Waals surface area contributed by atoms with Crippen molar-refractivity contribution in [3.63, 3.8) is 0 Å². The molecule has 11 heteroatoms. The fourth-order valence-corrected chi connectivity index (χ4v) is 6.83. The number of hydrogen-bond acceptors (Lipinski definition) is 7. The molecule has 2 fully saturated rings. The number of nitrogens with one attached hydrogen (secondary N) is 4. The molecule has 4 heterocycles. The Bertz CT molecular complexity index is 1180. The molecule has 3 aliphatic rings. The van der Waals surface area contributed by atoms with Crippen molar-refractivity contribution < 1.29 is 13.5 Å². The SMILES string of the molecule is CNC(OC)N1CCC(NC2CCNCC2)C(C)(C(=N)N2CCCc3cc(-c4cnn(C)c4)c(C(F)F)cc32)C1. The Kier molecular flexibility index (Phi) is 8.86. The van der Waals surface area contributed by atoms with Gasteiger partial charge in [0, 0.05) is 68.9 Å². The third-order valence-corrected chi connectivity index (χ3v) is 9.01. The molecular weight excluding hydrogens is 514 g/mol. The van der Waals surface area contributed by atoms with Crippen LogP contribution >= 0.6 is 0 Å². The zero-order valence-electron chi connectivity index (χ0n) is 24.1. The van der Waals surface area contributed by atoms with Crippen molar-refractivity contribution in [3.05, 3.63) is 35.7 Å². The first-order valence-corrected chi connectivity index (χ1v) is 14.5. The van der Waals surface area contributed by atoms with Crippen LogP contribution in [-0.4, -0.2) is 85.8 Å². The molecule has 1 aromatic carbocycles. The van der Waals surface area contributed by atoms with Gasteiger partial charge in [-0.05, 0) is 82.4 Å². The van der Waals surface area contributed by atoms with Gasteiger partial charge in [-0.15, -0.1) is 0 Å². The maximum Gasteiger partial charge on any atom is 0.264 e. The van der Waals surface area contributed by atoms with E-state index in [0.29, 0.717) is 36.1 Å². The van der Waals surface area contributed by atoms with E-state index in [1.54, 1.807) is 37.3 Å². The van der Waals surface area contributed by atoms with Crippen LogP contribution in [0.2, 0.25) is 0 Å². The lowest BCUT2D eigenvalue weighted by Crippen LogP contribution is -2.66. The molecule has 9 nitrogen and oxygen atoms in total. The van der Waals surface area contributed by atoms with Gasteiger partial charge in [0.15, 0.2) is 6.35 Å². The highest BCUT2D eigenvalue weighted by molar-refractivity contribution is 6.01. The molecule has 0 amide bonds. The Morgan fingerprint density at radius 3 is 2.65 bits per heavy atom. The summed E-state index contributed by atoms with van der Waals surface area (Å²) in [5.74, 6) is 0.477. The minimum absolute atomic E-state index is 0.0131. The maximum atomic E-state index is 14.4. The Hall–Kier alpha value is -2.44. The minimum Gasteiger partial charge on any atom is -0.353 e. The van der Waals surface area contributed by atoms with Crippen LogP contribution in [0.3, 0.4) is 0 Å². The molecule has 5 rings (SSSR count). The number of ether oxygens (including phenoxy) is 1. The van der Waals surface area contributed by atoms with Crippen LogP contribution in [0.1, 0.15) is 50.2 Å². The quantitative estimate of drug-likeness (QED) is 0.224. The van der Waals surface area contributed by atoms with Crippen LogP contribution < -0.4 is 20.9 Å². The summed E-state index contributed by atoms with van der Waals surface area (Å²) in [6.07, 6.45) is 5.16. The second-order valence-corrected chi connectivity index (χ2v) is 11.7. The van der Waals surface area contributed by atoms with E-state index in [9.17, 15) is 14.2 Å². The number of likely N-dealkylation sites (tertiary alicyclic amines) is 1. The predicted molar refractivity (Wildman–Crippen MR) is 154 cm³/mol. The second-order valence-electron chi connectivity index (χ2n) is 11.7. The van der Waals surface area contributed by atoms with E-state index in [1.807, 2.05) is 18.0 Å². The molecule has 1 aromatic heterocycles. The highest BCUT2D eigenvalue weighted by Crippen LogP contribution is 2.42. The molecule has 3 atom stereocenters. The summed E-state index contributed by atoms with van der Waals surface area (Å²) < 4.78 is 36.2. The molecule has 2 aromatic rings. The summed E-state index contributed by atoms with van der Waals surface area (Å²) >= 11 is 0. The Morgan fingerprint density at radius 1 is 1.23 bits per heavy atom. The molecule has 4 N–H and O–H groups in total. The van der Waals surface area contributed by atoms with Crippen molar-refractivity contribution in [2.24, 2.45) is 12.5 Å². The number of nitrogens with zero attached hydrogens (tertiary/aromatic N) is 4. The van der Waals surface area contributed by atoms with Crippen LogP contribution in [0.25, 0.3) is 11.1 Å². The lowest BCUT2D eigenvalue weighted by molar-refractivity contribution is -0.0800. The third-order valence-electron chi connectivity index (χ3n) is 9.01. The molecule has 40 heavy (non-hydrogen) atoms. The van der Waals surface area contributed by atoms with Crippen molar-refractivity contribution in [1.29, 1.82) is 5.41 Å². The van der Waals surface area contributed by atoms with Crippen LogP contribution in [0.15, 0.2) is 24.5 Å². The zero-order chi connectivity index (χ0) is 28.4. The minimum atomic E-state index is -2.63. The first kappa shape index (κ1) is 29.1. The van der Waals surface area contributed by atoms with E-state index in [0.717, 1.165) is 63.0 Å². The molecular formula is C29H44F2N8O. The topological polar surface area (TPSA) is 93.5 Å². The summed E-state index contributed by atoms with van der Waals surface area (Å²) in [5.41, 5.74) is 2.37. The van der Waals surface area contributed by atoms with Gasteiger partial charge in [-0.3, -0.25) is 20.3 Å². The normalized spacial score (nSPS) is 25.3. The number of aromatic nitrogens is 2. The highest BCUT2D eigenvalue weighted by Gasteiger charge is 2.47. The number of hydrogen-bond donors (Lipinski definition) is 4. The molecule has 2 saturated heterocycles. The maximum absolute atomic E-state index is 14.4. The van der Waals surface area contributed by atoms with Crippen molar-refractivity contribution in [3.8, 4) is 11.1 Å². The number of rotatable bonds is 8. The first-order chi connectivity index (χ1) is 19.2. The predicted octanol–water partition coefficient (Wildman–Crippen LogP) is 3.33. The Balaban J connectivity index is 1.50. The first-order valence-electron chi connectivity index (χ1n) is 14.5. The van der Waals surface area contributed by atoms with Gasteiger partial charge in [0.05, 0.1) is 11.6 Å². The summed E-state index contributed by atoms with van der Waals surface area (Å²) in [5, 5.41) is 24.5.